The molecule has 9 nitrogen and oxygen atoms in total. The number of aryl methyl sites for hydroxylation is 1. The fourth-order valence-corrected chi connectivity index (χ4v) is 9.20. The summed E-state index contributed by atoms with van der Waals surface area (Å²) < 4.78 is 33.0. The van der Waals surface area contributed by atoms with Gasteiger partial charge in [0.25, 0.3) is 0 Å². The summed E-state index contributed by atoms with van der Waals surface area (Å²) in [6.07, 6.45) is 2.73. The van der Waals surface area contributed by atoms with Crippen LogP contribution in [0.5, 0.6) is 11.5 Å². The molecule has 6 aromatic rings. The Balaban J connectivity index is 1.02. The molecule has 0 spiro atoms. The van der Waals surface area contributed by atoms with Crippen LogP contribution in [-0.2, 0) is 46.8 Å². The molecular weight excluding hydrogens is 863 g/mol. The molecule has 0 aliphatic carbocycles. The van der Waals surface area contributed by atoms with E-state index in [0.29, 0.717) is 42.6 Å². The Labute approximate surface area is 390 Å². The number of carbonyl (C=O) groups excluding carboxylic acids is 2. The number of hydrogen-bond acceptors (Lipinski definition) is 8. The molecule has 0 unspecified atom stereocenters. The second kappa shape index (κ2) is 20.2. The molecule has 0 saturated heterocycles. The molecule has 0 fully saturated rings. The average Bonchev–Trinajstić information content (AvgIpc) is 3.46. The highest BCUT2D eigenvalue weighted by Gasteiger charge is 2.36. The average molecular weight is 916 g/mol. The summed E-state index contributed by atoms with van der Waals surface area (Å²) in [4.78, 5) is 36.5. The number of aromatic nitrogens is 1. The van der Waals surface area contributed by atoms with E-state index in [-0.39, 0.29) is 30.4 Å². The first-order valence-electron chi connectivity index (χ1n) is 21.9. The molecule has 2 aliphatic heterocycles. The van der Waals surface area contributed by atoms with E-state index in [9.17, 15) is 14.0 Å². The topological polar surface area (TPSA) is 93.2 Å². The second-order valence-electron chi connectivity index (χ2n) is 17.1. The van der Waals surface area contributed by atoms with E-state index in [1.807, 2.05) is 84.6 Å². The monoisotopic (exact) mass is 914 g/mol. The van der Waals surface area contributed by atoms with Crippen molar-refractivity contribution in [2.75, 3.05) is 20.7 Å². The first-order chi connectivity index (χ1) is 31.3. The minimum absolute atomic E-state index is 0.190. The summed E-state index contributed by atoms with van der Waals surface area (Å²) in [5, 5.41) is 4.05. The normalized spacial score (nSPS) is 17.2. The van der Waals surface area contributed by atoms with E-state index in [0.717, 1.165) is 79.2 Å². The van der Waals surface area contributed by atoms with Crippen LogP contribution in [0.15, 0.2) is 115 Å². The Morgan fingerprint density at radius 3 is 2.40 bits per heavy atom. The van der Waals surface area contributed by atoms with Crippen molar-refractivity contribution in [3.8, 4) is 22.6 Å². The van der Waals surface area contributed by atoms with Gasteiger partial charge in [0.15, 0.2) is 0 Å². The number of likely N-dealkylation sites (N-methyl/N-ethyl adjacent to an activating group) is 1. The number of benzene rings is 5. The predicted molar refractivity (Wildman–Crippen MR) is 253 cm³/mol. The van der Waals surface area contributed by atoms with E-state index in [4.69, 9.17) is 37.4 Å². The Morgan fingerprint density at radius 1 is 0.892 bits per heavy atom. The van der Waals surface area contributed by atoms with Crippen LogP contribution in [0.4, 0.5) is 4.39 Å². The number of methoxy groups -OCH3 is 1. The summed E-state index contributed by atoms with van der Waals surface area (Å²) in [5.41, 5.74) is 10.8. The second-order valence-corrected chi connectivity index (χ2v) is 17.9. The molecule has 12 heteroatoms. The third-order valence-corrected chi connectivity index (χ3v) is 13.3. The molecular formula is C53H53Cl2FN4O5. The summed E-state index contributed by atoms with van der Waals surface area (Å²) in [5.74, 6) is 0.325. The molecule has 336 valence electrons. The maximum absolute atomic E-state index is 14.5. The van der Waals surface area contributed by atoms with Crippen molar-refractivity contribution in [1.82, 2.24) is 20.1 Å². The van der Waals surface area contributed by atoms with Gasteiger partial charge in [0.2, 0.25) is 5.91 Å². The quantitative estimate of drug-likeness (QED) is 0.115. The van der Waals surface area contributed by atoms with Crippen LogP contribution in [0, 0.1) is 19.7 Å². The Hall–Kier alpha value is -5.78. The molecule has 5 aromatic carbocycles. The van der Waals surface area contributed by atoms with Gasteiger partial charge in [-0.15, -0.1) is 0 Å². The molecule has 1 amide bonds. The molecule has 8 rings (SSSR count). The van der Waals surface area contributed by atoms with Crippen molar-refractivity contribution in [1.29, 1.82) is 0 Å². The fraction of sp³-hybridized carbons (Fsp3) is 0.302. The van der Waals surface area contributed by atoms with Crippen LogP contribution in [-0.4, -0.2) is 59.4 Å². The van der Waals surface area contributed by atoms with Crippen molar-refractivity contribution in [2.45, 2.75) is 84.0 Å². The standard InChI is InChI=1S/C53H53Cl2FN4O5/c1-6-49(38-16-19-45(54)46(55)25-38)64-43-17-14-37(15-18-43)51-31-59(4)29-41-24-39-26-48(60(30-40(39)27-50(41)65-51)28-35-8-7-9-42(56)22-35)52(61)58-47(53(62)63-5)23-34-10-12-36(13-11-34)44-20-21-57-33(3)32(44)2/h7-22,24-25,27,47-49,51H,6,23,26,28-31H2,1-5H3,(H,58,61)/t47-,48-,49+,51+/m0/s1. The molecule has 4 atom stereocenters. The van der Waals surface area contributed by atoms with E-state index >= 15 is 0 Å². The highest BCUT2D eigenvalue weighted by molar-refractivity contribution is 6.42. The lowest BCUT2D eigenvalue weighted by Gasteiger charge is -2.37. The number of rotatable bonds is 13. The molecule has 1 aromatic heterocycles. The van der Waals surface area contributed by atoms with Gasteiger partial charge in [-0.25, -0.2) is 9.18 Å². The first-order valence-corrected chi connectivity index (χ1v) is 22.7. The smallest absolute Gasteiger partial charge is 0.328 e. The van der Waals surface area contributed by atoms with Crippen molar-refractivity contribution in [3.05, 3.63) is 181 Å². The zero-order chi connectivity index (χ0) is 45.8. The molecule has 65 heavy (non-hydrogen) atoms. The number of fused-ring (bicyclic) bond motifs is 2. The van der Waals surface area contributed by atoms with Gasteiger partial charge in [-0.1, -0.05) is 90.8 Å². The maximum atomic E-state index is 14.5. The number of nitrogens with one attached hydrogen (secondary N) is 1. The van der Waals surface area contributed by atoms with E-state index in [1.165, 1.54) is 19.2 Å². The van der Waals surface area contributed by atoms with Gasteiger partial charge in [0.05, 0.1) is 23.2 Å². The molecule has 0 radical (unpaired) electrons. The van der Waals surface area contributed by atoms with Crippen LogP contribution in [0.3, 0.4) is 0 Å². The van der Waals surface area contributed by atoms with Gasteiger partial charge in [-0.05, 0) is 132 Å². The number of ether oxygens (including phenoxy) is 3. The summed E-state index contributed by atoms with van der Waals surface area (Å²) in [7, 11) is 3.40. The van der Waals surface area contributed by atoms with Crippen molar-refractivity contribution in [3.63, 3.8) is 0 Å². The number of carbonyl (C=O) groups is 2. The van der Waals surface area contributed by atoms with Gasteiger partial charge in [-0.3, -0.25) is 19.6 Å². The largest absolute Gasteiger partial charge is 0.486 e. The van der Waals surface area contributed by atoms with Gasteiger partial charge in [0, 0.05) is 50.1 Å². The molecule has 3 heterocycles. The summed E-state index contributed by atoms with van der Waals surface area (Å²) in [6, 6.07) is 32.7. The minimum Gasteiger partial charge on any atom is -0.486 e. The highest BCUT2D eigenvalue weighted by Crippen LogP contribution is 2.38. The van der Waals surface area contributed by atoms with E-state index < -0.39 is 18.1 Å². The SMILES string of the molecule is CC[C@@H](Oc1ccc([C@H]2CN(C)Cc3cc4c(cc3O2)CN(Cc2cccc(F)c2)[C@H](C(=O)N[C@@H](Cc2ccc(-c3ccnc(C)c3C)cc2)C(=O)OC)C4)cc1)c1ccc(Cl)c(Cl)c1. The summed E-state index contributed by atoms with van der Waals surface area (Å²) in [6.45, 7) is 8.12. The molecule has 0 bridgehead atoms. The molecule has 0 saturated carbocycles. The van der Waals surface area contributed by atoms with Gasteiger partial charge in [-0.2, -0.15) is 0 Å². The number of pyridine rings is 1. The van der Waals surface area contributed by atoms with Crippen molar-refractivity contribution < 1.29 is 28.2 Å². The van der Waals surface area contributed by atoms with Crippen LogP contribution in [0.25, 0.3) is 11.1 Å². The first kappa shape index (κ1) is 45.8. The van der Waals surface area contributed by atoms with Gasteiger partial charge >= 0.3 is 5.97 Å². The number of amides is 1. The third kappa shape index (κ3) is 10.7. The van der Waals surface area contributed by atoms with Crippen molar-refractivity contribution in [2.24, 2.45) is 0 Å². The van der Waals surface area contributed by atoms with E-state index in [2.05, 4.69) is 48.2 Å². The lowest BCUT2D eigenvalue weighted by Crippen LogP contribution is -2.54. The highest BCUT2D eigenvalue weighted by atomic mass is 35.5. The number of hydrogen-bond donors (Lipinski definition) is 1. The summed E-state index contributed by atoms with van der Waals surface area (Å²) >= 11 is 12.5. The zero-order valence-corrected chi connectivity index (χ0v) is 38.8. The number of halogens is 3. The number of nitrogens with zero attached hydrogens (tertiary/aromatic N) is 3. The van der Waals surface area contributed by atoms with Crippen molar-refractivity contribution >= 4 is 35.1 Å². The maximum Gasteiger partial charge on any atom is 0.328 e. The zero-order valence-electron chi connectivity index (χ0n) is 37.2. The predicted octanol–water partition coefficient (Wildman–Crippen LogP) is 10.7. The van der Waals surface area contributed by atoms with Gasteiger partial charge in [0.1, 0.15) is 35.6 Å². The van der Waals surface area contributed by atoms with Gasteiger partial charge < -0.3 is 19.5 Å². The minimum atomic E-state index is -0.928. The Kier molecular flexibility index (Phi) is 14.2. The van der Waals surface area contributed by atoms with Crippen LogP contribution < -0.4 is 14.8 Å². The third-order valence-electron chi connectivity index (χ3n) is 12.6. The fourth-order valence-electron chi connectivity index (χ4n) is 8.89. The van der Waals surface area contributed by atoms with Crippen LogP contribution in [0.2, 0.25) is 10.0 Å². The Bertz CT molecular complexity index is 2680. The lowest BCUT2D eigenvalue weighted by molar-refractivity contribution is -0.146. The lowest BCUT2D eigenvalue weighted by atomic mass is 9.90. The number of esters is 1. The molecule has 2 aliphatic rings. The Morgan fingerprint density at radius 2 is 1.68 bits per heavy atom. The van der Waals surface area contributed by atoms with Crippen LogP contribution >= 0.6 is 23.2 Å². The molecule has 1 N–H and O–H groups in total. The van der Waals surface area contributed by atoms with E-state index in [1.54, 1.807) is 18.3 Å². The van der Waals surface area contributed by atoms with Crippen LogP contribution in [0.1, 0.15) is 75.8 Å².